The van der Waals surface area contributed by atoms with Gasteiger partial charge in [0, 0.05) is 34.1 Å². The number of fused-ring (bicyclic) bond motifs is 1. The second-order valence-corrected chi connectivity index (χ2v) is 11.1. The van der Waals surface area contributed by atoms with Crippen LogP contribution in [-0.2, 0) is 16.4 Å². The Morgan fingerprint density at radius 1 is 1.28 bits per heavy atom. The molecule has 2 aliphatic rings. The number of nitrogens with zero attached hydrogens (tertiary/aromatic N) is 2. The molecule has 2 amide bonds. The van der Waals surface area contributed by atoms with Crippen molar-refractivity contribution in [3.63, 3.8) is 0 Å². The Kier molecular flexibility index (Phi) is 5.07. The molecule has 1 aliphatic heterocycles. The molecular weight excluding hydrogens is 470 g/mol. The van der Waals surface area contributed by atoms with Crippen LogP contribution in [0.5, 0.6) is 0 Å². The van der Waals surface area contributed by atoms with Gasteiger partial charge in [0.1, 0.15) is 4.90 Å². The number of anilines is 1. The van der Waals surface area contributed by atoms with Crippen LogP contribution >= 0.6 is 22.9 Å². The van der Waals surface area contributed by atoms with E-state index in [4.69, 9.17) is 11.6 Å². The van der Waals surface area contributed by atoms with Crippen molar-refractivity contribution in [3.05, 3.63) is 74.7 Å². The summed E-state index contributed by atoms with van der Waals surface area (Å²) in [6.45, 7) is 1.94. The van der Waals surface area contributed by atoms with Crippen LogP contribution in [0.2, 0.25) is 5.02 Å². The van der Waals surface area contributed by atoms with E-state index in [0.29, 0.717) is 29.4 Å². The van der Waals surface area contributed by atoms with Crippen LogP contribution in [0.15, 0.2) is 47.5 Å². The van der Waals surface area contributed by atoms with Crippen LogP contribution in [-0.4, -0.2) is 35.6 Å². The first-order chi connectivity index (χ1) is 15.3. The lowest BCUT2D eigenvalue weighted by molar-refractivity contribution is 0.0864. The van der Waals surface area contributed by atoms with E-state index >= 15 is 0 Å². The maximum Gasteiger partial charge on any atom is 0.269 e. The molecule has 0 unspecified atom stereocenters. The van der Waals surface area contributed by atoms with Crippen molar-refractivity contribution in [2.75, 3.05) is 5.32 Å². The number of hydrogen-bond donors (Lipinski definition) is 1. The third kappa shape index (κ3) is 3.60. The summed E-state index contributed by atoms with van der Waals surface area (Å²) in [6, 6.07) is 9.69. The number of carbonyl (C=O) groups is 2. The zero-order valence-corrected chi connectivity index (χ0v) is 19.4. The predicted octanol–water partition coefficient (Wildman–Crippen LogP) is 4.25. The average molecular weight is 488 g/mol. The number of aromatic nitrogens is 1. The Morgan fingerprint density at radius 3 is 2.81 bits per heavy atom. The van der Waals surface area contributed by atoms with Crippen LogP contribution in [0.3, 0.4) is 0 Å². The number of benzene rings is 2. The Hall–Kier alpha value is -2.75. The van der Waals surface area contributed by atoms with Crippen molar-refractivity contribution < 1.29 is 18.0 Å². The molecule has 1 fully saturated rings. The molecule has 3 aromatic rings. The fourth-order valence-corrected chi connectivity index (χ4v) is 6.57. The molecule has 2 aromatic carbocycles. The van der Waals surface area contributed by atoms with Crippen LogP contribution in [0.4, 0.5) is 5.13 Å². The molecule has 1 aliphatic carbocycles. The van der Waals surface area contributed by atoms with Crippen LogP contribution in [0.1, 0.15) is 49.6 Å². The van der Waals surface area contributed by atoms with E-state index in [9.17, 15) is 18.0 Å². The van der Waals surface area contributed by atoms with Crippen LogP contribution < -0.4 is 5.32 Å². The first kappa shape index (κ1) is 21.1. The number of sulfonamides is 1. The molecule has 0 radical (unpaired) electrons. The van der Waals surface area contributed by atoms with Gasteiger partial charge in [-0.1, -0.05) is 29.8 Å². The first-order valence-electron chi connectivity index (χ1n) is 9.98. The highest BCUT2D eigenvalue weighted by atomic mass is 35.5. The number of thiazole rings is 1. The lowest BCUT2D eigenvalue weighted by atomic mass is 10.1. The summed E-state index contributed by atoms with van der Waals surface area (Å²) >= 11 is 7.69. The van der Waals surface area contributed by atoms with Gasteiger partial charge in [0.15, 0.2) is 5.13 Å². The van der Waals surface area contributed by atoms with Gasteiger partial charge in [-0.2, -0.15) is 0 Å². The zero-order chi connectivity index (χ0) is 22.6. The monoisotopic (exact) mass is 487 g/mol. The molecule has 1 saturated carbocycles. The second kappa shape index (κ2) is 7.68. The maximum absolute atomic E-state index is 12.8. The van der Waals surface area contributed by atoms with E-state index in [0.717, 1.165) is 20.3 Å². The Balaban J connectivity index is 1.34. The van der Waals surface area contributed by atoms with E-state index < -0.39 is 21.8 Å². The van der Waals surface area contributed by atoms with Gasteiger partial charge in [-0.05, 0) is 49.1 Å². The summed E-state index contributed by atoms with van der Waals surface area (Å²) in [5.41, 5.74) is 2.23. The van der Waals surface area contributed by atoms with Crippen LogP contribution in [0.25, 0.3) is 0 Å². The number of aryl methyl sites for hydroxylation is 1. The van der Waals surface area contributed by atoms with E-state index in [-0.39, 0.29) is 22.1 Å². The minimum Gasteiger partial charge on any atom is -0.298 e. The minimum absolute atomic E-state index is 0.111. The van der Waals surface area contributed by atoms with Gasteiger partial charge in [-0.3, -0.25) is 14.9 Å². The Morgan fingerprint density at radius 2 is 2.06 bits per heavy atom. The molecular formula is C22H18ClN3O4S2. The predicted molar refractivity (Wildman–Crippen MR) is 122 cm³/mol. The smallest absolute Gasteiger partial charge is 0.269 e. The largest absolute Gasteiger partial charge is 0.298 e. The third-order valence-electron chi connectivity index (χ3n) is 5.50. The highest BCUT2D eigenvalue weighted by Gasteiger charge is 2.48. The Bertz CT molecular complexity index is 1380. The van der Waals surface area contributed by atoms with Gasteiger partial charge >= 0.3 is 0 Å². The molecule has 1 N–H and O–H groups in total. The highest BCUT2D eigenvalue weighted by Crippen LogP contribution is 2.39. The molecule has 5 rings (SSSR count). The zero-order valence-electron chi connectivity index (χ0n) is 17.0. The number of hydrogen-bond acceptors (Lipinski definition) is 6. The normalized spacial score (nSPS) is 16.8. The molecule has 0 atom stereocenters. The number of nitrogens with one attached hydrogen (secondary N) is 1. The lowest BCUT2D eigenvalue weighted by Gasteiger charge is -2.13. The molecule has 0 spiro atoms. The summed E-state index contributed by atoms with van der Waals surface area (Å²) < 4.78 is 26.5. The summed E-state index contributed by atoms with van der Waals surface area (Å²) in [5, 5.41) is 3.81. The van der Waals surface area contributed by atoms with Gasteiger partial charge in [0.25, 0.3) is 21.8 Å². The summed E-state index contributed by atoms with van der Waals surface area (Å²) in [7, 11) is -3.92. The minimum atomic E-state index is -3.92. The third-order valence-corrected chi connectivity index (χ3v) is 8.83. The number of rotatable bonds is 5. The van der Waals surface area contributed by atoms with Crippen molar-refractivity contribution in [2.24, 2.45) is 0 Å². The molecule has 10 heteroatoms. The quantitative estimate of drug-likeness (QED) is 0.580. The van der Waals surface area contributed by atoms with Crippen molar-refractivity contribution in [1.29, 1.82) is 0 Å². The van der Waals surface area contributed by atoms with Gasteiger partial charge in [-0.15, -0.1) is 11.3 Å². The van der Waals surface area contributed by atoms with Gasteiger partial charge in [0.05, 0.1) is 5.56 Å². The lowest BCUT2D eigenvalue weighted by Crippen LogP contribution is -2.31. The van der Waals surface area contributed by atoms with E-state index in [2.05, 4.69) is 10.3 Å². The number of halogens is 1. The van der Waals surface area contributed by atoms with Crippen molar-refractivity contribution in [1.82, 2.24) is 9.29 Å². The fourth-order valence-electron chi connectivity index (χ4n) is 3.71. The van der Waals surface area contributed by atoms with E-state index in [1.165, 1.54) is 29.5 Å². The van der Waals surface area contributed by atoms with E-state index in [1.54, 1.807) is 6.20 Å². The SMILES string of the molecule is Cc1cccc(Cc2cnc(NC(=O)c3ccc4c(c3)S(=O)(=O)N(C3CC3)C4=O)s2)c1Cl. The van der Waals surface area contributed by atoms with Crippen LogP contribution in [0, 0.1) is 6.92 Å². The molecule has 0 bridgehead atoms. The van der Waals surface area contributed by atoms with Crippen molar-refractivity contribution in [3.8, 4) is 0 Å². The van der Waals surface area contributed by atoms with Crippen molar-refractivity contribution >= 4 is 49.9 Å². The van der Waals surface area contributed by atoms with Gasteiger partial charge in [-0.25, -0.2) is 17.7 Å². The molecule has 0 saturated heterocycles. The topological polar surface area (TPSA) is 96.4 Å². The average Bonchev–Trinajstić information content (AvgIpc) is 3.45. The molecule has 1 aromatic heterocycles. The Labute approximate surface area is 194 Å². The maximum atomic E-state index is 12.8. The standard InChI is InChI=1S/C22H18ClN3O4S2/c1-12-3-2-4-13(19(12)23)9-16-11-24-22(31-16)25-20(27)14-5-8-17-18(10-14)32(29,30)26(21(17)28)15-6-7-15/h2-5,8,10-11,15H,6-7,9H2,1H3,(H,24,25,27). The fraction of sp³-hybridized carbons (Fsp3) is 0.227. The molecule has 164 valence electrons. The molecule has 2 heterocycles. The van der Waals surface area contributed by atoms with E-state index in [1.807, 2.05) is 25.1 Å². The molecule has 32 heavy (non-hydrogen) atoms. The number of amides is 2. The summed E-state index contributed by atoms with van der Waals surface area (Å²) in [6.07, 6.45) is 3.61. The number of carbonyl (C=O) groups excluding carboxylic acids is 2. The highest BCUT2D eigenvalue weighted by molar-refractivity contribution is 7.90. The first-order valence-corrected chi connectivity index (χ1v) is 12.6. The van der Waals surface area contributed by atoms with Gasteiger partial charge in [0.2, 0.25) is 0 Å². The summed E-state index contributed by atoms with van der Waals surface area (Å²) in [5.74, 6) is -1.01. The summed E-state index contributed by atoms with van der Waals surface area (Å²) in [4.78, 5) is 30.3. The second-order valence-electron chi connectivity index (χ2n) is 7.86. The van der Waals surface area contributed by atoms with Gasteiger partial charge < -0.3 is 0 Å². The molecule has 7 nitrogen and oxygen atoms in total. The van der Waals surface area contributed by atoms with Crippen molar-refractivity contribution in [2.45, 2.75) is 37.1 Å².